The molecule has 1 aromatic heterocycles. The van der Waals surface area contributed by atoms with E-state index in [1.807, 2.05) is 11.3 Å². The smallest absolute Gasteiger partial charge is 0.0155 e. The molecule has 0 nitrogen and oxygen atoms in total. The van der Waals surface area contributed by atoms with E-state index in [0.29, 0.717) is 5.92 Å². The fraction of sp³-hybridized carbons (Fsp3) is 0.412. The Labute approximate surface area is 115 Å². The second-order valence-corrected chi connectivity index (χ2v) is 7.36. The Kier molecular flexibility index (Phi) is 3.63. The first kappa shape index (κ1) is 13.4. The molecule has 0 radical (unpaired) electrons. The van der Waals surface area contributed by atoms with Crippen LogP contribution in [-0.2, 0) is 5.41 Å². The van der Waals surface area contributed by atoms with E-state index in [1.54, 1.807) is 0 Å². The van der Waals surface area contributed by atoms with Crippen molar-refractivity contribution in [1.29, 1.82) is 0 Å². The summed E-state index contributed by atoms with van der Waals surface area (Å²) in [5.41, 5.74) is 3.05. The van der Waals surface area contributed by atoms with Crippen LogP contribution in [0.15, 0.2) is 36.4 Å². The van der Waals surface area contributed by atoms with Crippen LogP contribution in [0.5, 0.6) is 0 Å². The first-order valence-electron chi connectivity index (χ1n) is 6.54. The average molecular weight is 258 g/mol. The number of hydrogen-bond donors (Lipinski definition) is 0. The first-order valence-corrected chi connectivity index (χ1v) is 7.36. The van der Waals surface area contributed by atoms with Gasteiger partial charge in [0.2, 0.25) is 0 Å². The highest BCUT2D eigenvalue weighted by atomic mass is 32.1. The summed E-state index contributed by atoms with van der Waals surface area (Å²) in [6, 6.07) is 13.6. The maximum atomic E-state index is 2.29. The van der Waals surface area contributed by atoms with Crippen molar-refractivity contribution in [2.75, 3.05) is 0 Å². The van der Waals surface area contributed by atoms with Crippen molar-refractivity contribution >= 4 is 11.3 Å². The van der Waals surface area contributed by atoms with Gasteiger partial charge in [-0.1, -0.05) is 52.0 Å². The Morgan fingerprint density at radius 2 is 1.56 bits per heavy atom. The van der Waals surface area contributed by atoms with Crippen LogP contribution in [0, 0.1) is 6.92 Å². The van der Waals surface area contributed by atoms with E-state index in [4.69, 9.17) is 0 Å². The van der Waals surface area contributed by atoms with E-state index < -0.39 is 0 Å². The number of benzene rings is 1. The fourth-order valence-electron chi connectivity index (χ4n) is 2.12. The van der Waals surface area contributed by atoms with Gasteiger partial charge in [0.05, 0.1) is 0 Å². The lowest BCUT2D eigenvalue weighted by molar-refractivity contribution is 0.590. The summed E-state index contributed by atoms with van der Waals surface area (Å²) in [5, 5.41) is 0. The highest BCUT2D eigenvalue weighted by Gasteiger charge is 2.15. The Morgan fingerprint density at radius 1 is 0.944 bits per heavy atom. The Hall–Kier alpha value is -1.08. The van der Waals surface area contributed by atoms with Crippen LogP contribution in [0.2, 0.25) is 0 Å². The zero-order valence-electron chi connectivity index (χ0n) is 11.9. The van der Waals surface area contributed by atoms with E-state index in [-0.39, 0.29) is 5.41 Å². The minimum Gasteiger partial charge on any atom is -0.145 e. The van der Waals surface area contributed by atoms with Gasteiger partial charge in [-0.3, -0.25) is 0 Å². The minimum absolute atomic E-state index is 0.237. The molecule has 1 heteroatoms. The third-order valence-corrected chi connectivity index (χ3v) is 4.65. The summed E-state index contributed by atoms with van der Waals surface area (Å²) in [6.45, 7) is 11.2. The summed E-state index contributed by atoms with van der Waals surface area (Å²) in [6.07, 6.45) is 0. The Balaban J connectivity index is 2.24. The molecule has 2 rings (SSSR count). The zero-order valence-corrected chi connectivity index (χ0v) is 12.8. The van der Waals surface area contributed by atoms with Crippen LogP contribution in [0.1, 0.15) is 54.5 Å². The summed E-state index contributed by atoms with van der Waals surface area (Å²) in [5.74, 6) is 0.498. The molecule has 0 aliphatic heterocycles. The molecule has 0 aliphatic carbocycles. The van der Waals surface area contributed by atoms with Crippen molar-refractivity contribution in [3.8, 4) is 0 Å². The van der Waals surface area contributed by atoms with E-state index >= 15 is 0 Å². The molecule has 0 aliphatic rings. The molecule has 0 saturated carbocycles. The third-order valence-electron chi connectivity index (χ3n) is 3.46. The van der Waals surface area contributed by atoms with E-state index in [9.17, 15) is 0 Å². The highest BCUT2D eigenvalue weighted by molar-refractivity contribution is 7.12. The highest BCUT2D eigenvalue weighted by Crippen LogP contribution is 2.31. The lowest BCUT2D eigenvalue weighted by Gasteiger charge is -2.20. The van der Waals surface area contributed by atoms with Gasteiger partial charge < -0.3 is 0 Å². The Morgan fingerprint density at radius 3 is 2.00 bits per heavy atom. The number of thiophene rings is 1. The normalized spacial score (nSPS) is 13.6. The minimum atomic E-state index is 0.237. The molecule has 18 heavy (non-hydrogen) atoms. The predicted octanol–water partition coefficient (Wildman–Crippen LogP) is 5.51. The van der Waals surface area contributed by atoms with Gasteiger partial charge >= 0.3 is 0 Å². The maximum Gasteiger partial charge on any atom is 0.0155 e. The second-order valence-electron chi connectivity index (χ2n) is 6.04. The molecule has 0 spiro atoms. The van der Waals surface area contributed by atoms with Crippen molar-refractivity contribution in [3.63, 3.8) is 0 Å². The van der Waals surface area contributed by atoms with Crippen LogP contribution in [-0.4, -0.2) is 0 Å². The molecule has 0 fully saturated rings. The van der Waals surface area contributed by atoms with Crippen LogP contribution in [0.3, 0.4) is 0 Å². The standard InChI is InChI=1S/C17H22S/c1-12-6-11-16(18-12)13(2)14-7-9-15(10-8-14)17(3,4)5/h6-11,13H,1-5H3. The average Bonchev–Trinajstić information content (AvgIpc) is 2.74. The Bertz CT molecular complexity index is 511. The molecule has 0 N–H and O–H groups in total. The summed E-state index contributed by atoms with van der Waals surface area (Å²) in [7, 11) is 0. The molecule has 1 heterocycles. The van der Waals surface area contributed by atoms with Crippen molar-refractivity contribution in [2.45, 2.75) is 46.0 Å². The van der Waals surface area contributed by atoms with Crippen molar-refractivity contribution in [3.05, 3.63) is 57.3 Å². The van der Waals surface area contributed by atoms with E-state index in [0.717, 1.165) is 0 Å². The third kappa shape index (κ3) is 2.84. The van der Waals surface area contributed by atoms with Crippen molar-refractivity contribution in [2.24, 2.45) is 0 Å². The topological polar surface area (TPSA) is 0 Å². The maximum absolute atomic E-state index is 2.29. The van der Waals surface area contributed by atoms with Gasteiger partial charge in [-0.15, -0.1) is 11.3 Å². The molecule has 1 atom stereocenters. The number of rotatable bonds is 2. The quantitative estimate of drug-likeness (QED) is 0.666. The van der Waals surface area contributed by atoms with Crippen molar-refractivity contribution < 1.29 is 0 Å². The second kappa shape index (κ2) is 4.89. The molecule has 0 bridgehead atoms. The van der Waals surface area contributed by atoms with E-state index in [2.05, 4.69) is 71.0 Å². The summed E-state index contributed by atoms with van der Waals surface area (Å²) < 4.78 is 0. The molecule has 0 saturated heterocycles. The zero-order chi connectivity index (χ0) is 13.3. The van der Waals surface area contributed by atoms with E-state index in [1.165, 1.54) is 20.9 Å². The SMILES string of the molecule is Cc1ccc(C(C)c2ccc(C(C)(C)C)cc2)s1. The van der Waals surface area contributed by atoms with Gasteiger partial charge in [0, 0.05) is 15.7 Å². The summed E-state index contributed by atoms with van der Waals surface area (Å²) in [4.78, 5) is 2.85. The molecule has 1 unspecified atom stereocenters. The monoisotopic (exact) mass is 258 g/mol. The largest absolute Gasteiger partial charge is 0.145 e. The summed E-state index contributed by atoms with van der Waals surface area (Å²) >= 11 is 1.90. The van der Waals surface area contributed by atoms with Gasteiger partial charge in [0.25, 0.3) is 0 Å². The molecule has 1 aromatic carbocycles. The fourth-order valence-corrected chi connectivity index (χ4v) is 3.08. The molecule has 0 amide bonds. The van der Waals surface area contributed by atoms with Gasteiger partial charge in [-0.25, -0.2) is 0 Å². The molecular weight excluding hydrogens is 236 g/mol. The van der Waals surface area contributed by atoms with Crippen LogP contribution in [0.25, 0.3) is 0 Å². The first-order chi connectivity index (χ1) is 8.38. The molecule has 96 valence electrons. The lowest BCUT2D eigenvalue weighted by Crippen LogP contribution is -2.10. The molecule has 2 aromatic rings. The predicted molar refractivity (Wildman–Crippen MR) is 81.7 cm³/mol. The van der Waals surface area contributed by atoms with Crippen LogP contribution in [0.4, 0.5) is 0 Å². The molecular formula is C17H22S. The van der Waals surface area contributed by atoms with Gasteiger partial charge in [-0.05, 0) is 35.6 Å². The van der Waals surface area contributed by atoms with Crippen molar-refractivity contribution in [1.82, 2.24) is 0 Å². The number of hydrogen-bond acceptors (Lipinski definition) is 1. The van der Waals surface area contributed by atoms with Gasteiger partial charge in [-0.2, -0.15) is 0 Å². The lowest BCUT2D eigenvalue weighted by atomic mass is 9.85. The van der Waals surface area contributed by atoms with Crippen LogP contribution >= 0.6 is 11.3 Å². The number of aryl methyl sites for hydroxylation is 1. The van der Waals surface area contributed by atoms with Crippen LogP contribution < -0.4 is 0 Å². The van der Waals surface area contributed by atoms with Gasteiger partial charge in [0.1, 0.15) is 0 Å². The van der Waals surface area contributed by atoms with Gasteiger partial charge in [0.15, 0.2) is 0 Å².